The molecule has 0 aliphatic heterocycles. The molecule has 0 spiro atoms. The molecule has 152 valence electrons. The molecular formula is C23H26ClN3O2. The third kappa shape index (κ3) is 5.39. The number of carbonyl (C=O) groups is 1. The SMILES string of the molecule is COc1ccc(C(=O)N(Cc2nccn2Cc2ccccc2Cl)CC(C)C)cc1. The zero-order chi connectivity index (χ0) is 20.8. The van der Waals surface area contributed by atoms with Gasteiger partial charge in [-0.05, 0) is 41.8 Å². The van der Waals surface area contributed by atoms with Crippen LogP contribution in [0.15, 0.2) is 60.9 Å². The molecule has 0 N–H and O–H groups in total. The molecule has 0 saturated carbocycles. The Balaban J connectivity index is 1.81. The largest absolute Gasteiger partial charge is 0.497 e. The quantitative estimate of drug-likeness (QED) is 0.530. The lowest BCUT2D eigenvalue weighted by Gasteiger charge is -2.25. The lowest BCUT2D eigenvalue weighted by Crippen LogP contribution is -2.34. The third-order valence-electron chi connectivity index (χ3n) is 4.64. The molecule has 0 unspecified atom stereocenters. The predicted molar refractivity (Wildman–Crippen MR) is 115 cm³/mol. The maximum absolute atomic E-state index is 13.2. The minimum atomic E-state index is -0.0198. The second kappa shape index (κ2) is 9.61. The van der Waals surface area contributed by atoms with Crippen LogP contribution < -0.4 is 4.74 Å². The fraction of sp³-hybridized carbons (Fsp3) is 0.304. The van der Waals surface area contributed by atoms with E-state index in [1.807, 2.05) is 39.9 Å². The standard InChI is InChI=1S/C23H26ClN3O2/c1-17(2)14-27(23(28)18-8-10-20(29-3)11-9-18)16-22-25-12-13-26(22)15-19-6-4-5-7-21(19)24/h4-13,17H,14-16H2,1-3H3. The van der Waals surface area contributed by atoms with E-state index in [9.17, 15) is 4.79 Å². The summed E-state index contributed by atoms with van der Waals surface area (Å²) in [5.74, 6) is 1.87. The molecular weight excluding hydrogens is 386 g/mol. The topological polar surface area (TPSA) is 47.4 Å². The van der Waals surface area contributed by atoms with E-state index in [4.69, 9.17) is 16.3 Å². The number of halogens is 1. The number of nitrogens with zero attached hydrogens (tertiary/aromatic N) is 3. The van der Waals surface area contributed by atoms with Crippen LogP contribution >= 0.6 is 11.6 Å². The Hall–Kier alpha value is -2.79. The summed E-state index contributed by atoms with van der Waals surface area (Å²) in [4.78, 5) is 19.5. The molecule has 0 radical (unpaired) electrons. The second-order valence-corrected chi connectivity index (χ2v) is 7.78. The molecule has 1 aromatic heterocycles. The Morgan fingerprint density at radius 3 is 2.55 bits per heavy atom. The van der Waals surface area contributed by atoms with Gasteiger partial charge >= 0.3 is 0 Å². The molecule has 0 saturated heterocycles. The van der Waals surface area contributed by atoms with Crippen molar-refractivity contribution in [3.05, 3.63) is 82.9 Å². The van der Waals surface area contributed by atoms with E-state index in [0.717, 1.165) is 22.2 Å². The number of amides is 1. The van der Waals surface area contributed by atoms with Crippen molar-refractivity contribution < 1.29 is 9.53 Å². The molecule has 0 bridgehead atoms. The molecule has 3 rings (SSSR count). The Kier molecular flexibility index (Phi) is 6.94. The third-order valence-corrected chi connectivity index (χ3v) is 5.01. The van der Waals surface area contributed by atoms with E-state index in [0.29, 0.717) is 31.1 Å². The number of aromatic nitrogens is 2. The summed E-state index contributed by atoms with van der Waals surface area (Å²) >= 11 is 6.31. The summed E-state index contributed by atoms with van der Waals surface area (Å²) < 4.78 is 7.23. The second-order valence-electron chi connectivity index (χ2n) is 7.37. The van der Waals surface area contributed by atoms with Crippen molar-refractivity contribution in [2.45, 2.75) is 26.9 Å². The summed E-state index contributed by atoms with van der Waals surface area (Å²) in [6.45, 7) is 5.89. The number of hydrogen-bond donors (Lipinski definition) is 0. The van der Waals surface area contributed by atoms with Crippen molar-refractivity contribution in [3.8, 4) is 5.75 Å². The maximum atomic E-state index is 13.2. The molecule has 3 aromatic rings. The zero-order valence-corrected chi connectivity index (χ0v) is 17.8. The Morgan fingerprint density at radius 1 is 1.17 bits per heavy atom. The zero-order valence-electron chi connectivity index (χ0n) is 17.0. The first kappa shape index (κ1) is 20.9. The van der Waals surface area contributed by atoms with Crippen LogP contribution in [0.2, 0.25) is 5.02 Å². The molecule has 6 heteroatoms. The molecule has 2 aromatic carbocycles. The molecule has 5 nitrogen and oxygen atoms in total. The van der Waals surface area contributed by atoms with Gasteiger partial charge in [-0.3, -0.25) is 4.79 Å². The van der Waals surface area contributed by atoms with Crippen LogP contribution in [0.3, 0.4) is 0 Å². The number of ether oxygens (including phenoxy) is 1. The first-order chi connectivity index (χ1) is 14.0. The highest BCUT2D eigenvalue weighted by molar-refractivity contribution is 6.31. The number of hydrogen-bond acceptors (Lipinski definition) is 3. The van der Waals surface area contributed by atoms with Crippen LogP contribution in [0.4, 0.5) is 0 Å². The normalized spacial score (nSPS) is 10.9. The van der Waals surface area contributed by atoms with Gasteiger partial charge in [0.25, 0.3) is 5.91 Å². The molecule has 0 aliphatic carbocycles. The van der Waals surface area contributed by atoms with Gasteiger partial charge in [-0.15, -0.1) is 0 Å². The highest BCUT2D eigenvalue weighted by Gasteiger charge is 2.20. The van der Waals surface area contributed by atoms with E-state index in [2.05, 4.69) is 18.8 Å². The highest BCUT2D eigenvalue weighted by atomic mass is 35.5. The molecule has 29 heavy (non-hydrogen) atoms. The summed E-state index contributed by atoms with van der Waals surface area (Å²) in [6.07, 6.45) is 3.68. The first-order valence-corrected chi connectivity index (χ1v) is 10.0. The van der Waals surface area contributed by atoms with Crippen molar-refractivity contribution in [2.75, 3.05) is 13.7 Å². The minimum absolute atomic E-state index is 0.0198. The number of rotatable bonds is 8. The molecule has 0 fully saturated rings. The maximum Gasteiger partial charge on any atom is 0.254 e. The predicted octanol–water partition coefficient (Wildman–Crippen LogP) is 4.89. The highest BCUT2D eigenvalue weighted by Crippen LogP contribution is 2.19. The molecule has 0 aliphatic rings. The lowest BCUT2D eigenvalue weighted by molar-refractivity contribution is 0.0716. The fourth-order valence-corrected chi connectivity index (χ4v) is 3.39. The van der Waals surface area contributed by atoms with Gasteiger partial charge in [0, 0.05) is 29.5 Å². The van der Waals surface area contributed by atoms with Gasteiger partial charge in [0.2, 0.25) is 0 Å². The number of imidazole rings is 1. The van der Waals surface area contributed by atoms with Crippen LogP contribution in [0.5, 0.6) is 5.75 Å². The van der Waals surface area contributed by atoms with Crippen LogP contribution in [0, 0.1) is 5.92 Å². The van der Waals surface area contributed by atoms with E-state index < -0.39 is 0 Å². The smallest absolute Gasteiger partial charge is 0.254 e. The first-order valence-electron chi connectivity index (χ1n) is 9.64. The summed E-state index contributed by atoms with van der Waals surface area (Å²) in [6, 6.07) is 15.0. The number of methoxy groups -OCH3 is 1. The Labute approximate surface area is 176 Å². The number of carbonyl (C=O) groups excluding carboxylic acids is 1. The van der Waals surface area contributed by atoms with Gasteiger partial charge in [0.05, 0.1) is 20.2 Å². The average molecular weight is 412 g/mol. The van der Waals surface area contributed by atoms with Gasteiger partial charge in [-0.1, -0.05) is 43.6 Å². The summed E-state index contributed by atoms with van der Waals surface area (Å²) in [5, 5.41) is 0.723. The molecule has 1 heterocycles. The Morgan fingerprint density at radius 2 is 1.90 bits per heavy atom. The van der Waals surface area contributed by atoms with Gasteiger partial charge in [-0.25, -0.2) is 4.98 Å². The summed E-state index contributed by atoms with van der Waals surface area (Å²) in [7, 11) is 1.61. The van der Waals surface area contributed by atoms with Crippen molar-refractivity contribution in [3.63, 3.8) is 0 Å². The summed E-state index contributed by atoms with van der Waals surface area (Å²) in [5.41, 5.74) is 1.65. The van der Waals surface area contributed by atoms with E-state index in [-0.39, 0.29) is 5.91 Å². The van der Waals surface area contributed by atoms with Crippen LogP contribution in [0.25, 0.3) is 0 Å². The van der Waals surface area contributed by atoms with Crippen molar-refractivity contribution in [1.29, 1.82) is 0 Å². The van der Waals surface area contributed by atoms with Gasteiger partial charge < -0.3 is 14.2 Å². The van der Waals surface area contributed by atoms with E-state index >= 15 is 0 Å². The van der Waals surface area contributed by atoms with Crippen LogP contribution in [0.1, 0.15) is 35.6 Å². The van der Waals surface area contributed by atoms with Crippen molar-refractivity contribution >= 4 is 17.5 Å². The Bertz CT molecular complexity index is 951. The fourth-order valence-electron chi connectivity index (χ4n) is 3.19. The minimum Gasteiger partial charge on any atom is -0.497 e. The lowest BCUT2D eigenvalue weighted by atomic mass is 10.1. The van der Waals surface area contributed by atoms with Crippen LogP contribution in [-0.4, -0.2) is 34.0 Å². The van der Waals surface area contributed by atoms with Gasteiger partial charge in [0.15, 0.2) is 0 Å². The molecule has 0 atom stereocenters. The van der Waals surface area contributed by atoms with Crippen molar-refractivity contribution in [1.82, 2.24) is 14.5 Å². The van der Waals surface area contributed by atoms with Crippen molar-refractivity contribution in [2.24, 2.45) is 5.92 Å². The van der Waals surface area contributed by atoms with E-state index in [1.165, 1.54) is 0 Å². The van der Waals surface area contributed by atoms with Gasteiger partial charge in [-0.2, -0.15) is 0 Å². The molecule has 1 amide bonds. The average Bonchev–Trinajstić information content (AvgIpc) is 3.15. The van der Waals surface area contributed by atoms with Gasteiger partial charge in [0.1, 0.15) is 11.6 Å². The van der Waals surface area contributed by atoms with E-state index in [1.54, 1.807) is 37.6 Å². The van der Waals surface area contributed by atoms with Crippen LogP contribution in [-0.2, 0) is 13.1 Å². The monoisotopic (exact) mass is 411 g/mol. The number of benzene rings is 2.